The van der Waals surface area contributed by atoms with Gasteiger partial charge in [-0.15, -0.1) is 0 Å². The Labute approximate surface area is 279 Å². The van der Waals surface area contributed by atoms with Crippen molar-refractivity contribution in [3.8, 4) is 23.0 Å². The number of piperidine rings is 1. The van der Waals surface area contributed by atoms with E-state index in [9.17, 15) is 22.8 Å². The van der Waals surface area contributed by atoms with Crippen LogP contribution in [0, 0.1) is 0 Å². The number of methoxy groups -OCH3 is 2. The maximum Gasteiger partial charge on any atom is 0.490 e. The molecule has 2 aliphatic rings. The molecule has 0 aliphatic carbocycles. The second kappa shape index (κ2) is 14.5. The predicted molar refractivity (Wildman–Crippen MR) is 166 cm³/mol. The van der Waals surface area contributed by atoms with E-state index < -0.39 is 36.4 Å². The second-order valence-corrected chi connectivity index (χ2v) is 12.1. The number of ether oxygens (including phenoxy) is 6. The zero-order valence-electron chi connectivity index (χ0n) is 25.5. The van der Waals surface area contributed by atoms with Crippen molar-refractivity contribution in [2.75, 3.05) is 40.5 Å². The number of fused-ring (bicyclic) bond motifs is 1. The fourth-order valence-corrected chi connectivity index (χ4v) is 5.97. The molecule has 0 amide bonds. The van der Waals surface area contributed by atoms with Crippen LogP contribution >= 0.6 is 23.2 Å². The van der Waals surface area contributed by atoms with Gasteiger partial charge in [-0.05, 0) is 47.5 Å². The first-order chi connectivity index (χ1) is 22.4. The minimum atomic E-state index is -5.21. The third-order valence-electron chi connectivity index (χ3n) is 8.01. The van der Waals surface area contributed by atoms with Gasteiger partial charge in [0.2, 0.25) is 0 Å². The summed E-state index contributed by atoms with van der Waals surface area (Å²) in [5.74, 6) is -1.64. The Balaban J connectivity index is 1.28. The van der Waals surface area contributed by atoms with Crippen LogP contribution < -0.4 is 18.9 Å². The van der Waals surface area contributed by atoms with Crippen molar-refractivity contribution < 1.29 is 51.2 Å². The number of hydrogen-bond acceptors (Lipinski definition) is 9. The average Bonchev–Trinajstić information content (AvgIpc) is 3.40. The predicted octanol–water partition coefficient (Wildman–Crippen LogP) is 6.69. The fourth-order valence-electron chi connectivity index (χ4n) is 5.55. The first-order valence-corrected chi connectivity index (χ1v) is 15.4. The molecular weight excluding hydrogens is 666 g/mol. The van der Waals surface area contributed by atoms with Gasteiger partial charge in [0.25, 0.3) is 0 Å². The second-order valence-electron chi connectivity index (χ2n) is 11.3. The Morgan fingerprint density at radius 1 is 0.979 bits per heavy atom. The van der Waals surface area contributed by atoms with Crippen LogP contribution in [0.2, 0.25) is 10.0 Å². The van der Waals surface area contributed by atoms with Gasteiger partial charge in [0, 0.05) is 50.0 Å². The lowest BCUT2D eigenvalue weighted by Crippen LogP contribution is -2.50. The number of esters is 2. The number of likely N-dealkylation sites (tertiary alicyclic amines) is 1. The number of rotatable bonds is 11. The van der Waals surface area contributed by atoms with E-state index in [1.807, 2.05) is 17.0 Å². The van der Waals surface area contributed by atoms with Crippen LogP contribution in [0.3, 0.4) is 0 Å². The molecule has 5 rings (SSSR count). The maximum atomic E-state index is 13.2. The highest BCUT2D eigenvalue weighted by Crippen LogP contribution is 2.42. The smallest absolute Gasteiger partial charge is 0.490 e. The number of benzene rings is 3. The van der Waals surface area contributed by atoms with Gasteiger partial charge in [-0.3, -0.25) is 4.90 Å². The summed E-state index contributed by atoms with van der Waals surface area (Å²) in [6.45, 7) is 0.482. The summed E-state index contributed by atoms with van der Waals surface area (Å²) in [5, 5.41) is 0.690. The normalized spacial score (nSPS) is 16.1. The molecule has 2 heterocycles. The van der Waals surface area contributed by atoms with Crippen molar-refractivity contribution in [3.05, 3.63) is 81.3 Å². The number of halogens is 5. The molecule has 252 valence electrons. The summed E-state index contributed by atoms with van der Waals surface area (Å²) in [5.41, 5.74) is 1.26. The van der Waals surface area contributed by atoms with Gasteiger partial charge in [-0.2, -0.15) is 13.2 Å². The van der Waals surface area contributed by atoms with Crippen molar-refractivity contribution >= 4 is 35.1 Å². The summed E-state index contributed by atoms with van der Waals surface area (Å²) in [4.78, 5) is 26.3. The van der Waals surface area contributed by atoms with Gasteiger partial charge < -0.3 is 28.4 Å². The van der Waals surface area contributed by atoms with Crippen molar-refractivity contribution in [2.24, 2.45) is 0 Å². The number of alkyl halides is 3. The third-order valence-corrected chi connectivity index (χ3v) is 8.54. The Hall–Kier alpha value is -3.87. The van der Waals surface area contributed by atoms with Crippen molar-refractivity contribution in [3.63, 3.8) is 0 Å². The van der Waals surface area contributed by atoms with Crippen molar-refractivity contribution in [1.82, 2.24) is 4.90 Å². The summed E-state index contributed by atoms with van der Waals surface area (Å²) in [7, 11) is 2.71. The molecule has 0 N–H and O–H groups in total. The van der Waals surface area contributed by atoms with E-state index in [2.05, 4.69) is 0 Å². The van der Waals surface area contributed by atoms with Gasteiger partial charge >= 0.3 is 18.1 Å². The molecule has 0 saturated carbocycles. The lowest BCUT2D eigenvalue weighted by Gasteiger charge is -2.39. The molecule has 1 atom stereocenters. The first kappa shape index (κ1) is 34.5. The van der Waals surface area contributed by atoms with Crippen LogP contribution in [-0.2, 0) is 27.3 Å². The van der Waals surface area contributed by atoms with Crippen LogP contribution in [0.5, 0.6) is 23.0 Å². The molecule has 0 unspecified atom stereocenters. The van der Waals surface area contributed by atoms with Crippen LogP contribution in [0.4, 0.5) is 13.2 Å². The molecule has 3 aromatic carbocycles. The zero-order chi connectivity index (χ0) is 33.8. The topological polar surface area (TPSA) is 92.8 Å². The molecule has 0 bridgehead atoms. The Morgan fingerprint density at radius 3 is 2.36 bits per heavy atom. The minimum Gasteiger partial charge on any atom is -0.497 e. The molecule has 1 saturated heterocycles. The molecule has 0 aromatic heterocycles. The van der Waals surface area contributed by atoms with E-state index >= 15 is 0 Å². The lowest BCUT2D eigenvalue weighted by molar-refractivity contribution is -0.206. The van der Waals surface area contributed by atoms with Gasteiger partial charge in [0.1, 0.15) is 53.5 Å². The molecule has 1 fully saturated rings. The van der Waals surface area contributed by atoms with E-state index in [0.717, 1.165) is 24.0 Å². The van der Waals surface area contributed by atoms with E-state index in [1.54, 1.807) is 37.4 Å². The standard InChI is InChI=1S/C33H32Cl2F3NO8/c1-42-23-6-3-20(4-7-23)18-44-29-15-28(25(14-26(29)35)30(40)43-2)45-19-24(46-31(41)33(36,37)38)17-39-11-9-32(10-12-39)16-21-13-22(34)5-8-27(21)47-32/h3-8,13-15,24H,9-12,16-19H2,1-2H3/t24-/m0/s1. The van der Waals surface area contributed by atoms with Gasteiger partial charge in [-0.1, -0.05) is 35.3 Å². The highest BCUT2D eigenvalue weighted by Gasteiger charge is 2.44. The fraction of sp³-hybridized carbons (Fsp3) is 0.394. The highest BCUT2D eigenvalue weighted by molar-refractivity contribution is 6.32. The van der Waals surface area contributed by atoms with Crippen molar-refractivity contribution in [2.45, 2.75) is 43.8 Å². The Morgan fingerprint density at radius 2 is 1.70 bits per heavy atom. The van der Waals surface area contributed by atoms with E-state index in [4.69, 9.17) is 51.6 Å². The summed E-state index contributed by atoms with van der Waals surface area (Å²) in [6, 6.07) is 15.2. The van der Waals surface area contributed by atoms with Crippen LogP contribution in [0.25, 0.3) is 0 Å². The van der Waals surface area contributed by atoms with E-state index in [1.165, 1.54) is 12.1 Å². The summed E-state index contributed by atoms with van der Waals surface area (Å²) < 4.78 is 72.5. The molecule has 9 nitrogen and oxygen atoms in total. The largest absolute Gasteiger partial charge is 0.497 e. The summed E-state index contributed by atoms with van der Waals surface area (Å²) >= 11 is 12.5. The SMILES string of the molecule is COC(=O)c1cc(Cl)c(OCc2ccc(OC)cc2)cc1OC[C@H](CN1CCC2(CC1)Cc1cc(Cl)ccc1O2)OC(=O)C(F)(F)F. The van der Waals surface area contributed by atoms with Crippen LogP contribution in [0.1, 0.15) is 34.3 Å². The van der Waals surface area contributed by atoms with Gasteiger partial charge in [0.15, 0.2) is 0 Å². The van der Waals surface area contributed by atoms with Gasteiger partial charge in [-0.25, -0.2) is 9.59 Å². The van der Waals surface area contributed by atoms with E-state index in [-0.39, 0.29) is 35.2 Å². The number of hydrogen-bond donors (Lipinski definition) is 0. The zero-order valence-corrected chi connectivity index (χ0v) is 27.0. The number of nitrogens with zero attached hydrogens (tertiary/aromatic N) is 1. The Kier molecular flexibility index (Phi) is 10.6. The number of carbonyl (C=O) groups is 2. The Bertz CT molecular complexity index is 1590. The minimum absolute atomic E-state index is 0.0569. The van der Waals surface area contributed by atoms with Gasteiger partial charge in [0.05, 0.1) is 19.2 Å². The average molecular weight is 699 g/mol. The lowest BCUT2D eigenvalue weighted by atomic mass is 9.87. The highest BCUT2D eigenvalue weighted by atomic mass is 35.5. The van der Waals surface area contributed by atoms with Crippen LogP contribution in [-0.4, -0.2) is 75.2 Å². The monoisotopic (exact) mass is 697 g/mol. The molecule has 47 heavy (non-hydrogen) atoms. The number of carbonyl (C=O) groups excluding carboxylic acids is 2. The third kappa shape index (κ3) is 8.54. The maximum absolute atomic E-state index is 13.2. The quantitative estimate of drug-likeness (QED) is 0.203. The molecule has 0 radical (unpaired) electrons. The molecule has 14 heteroatoms. The summed E-state index contributed by atoms with van der Waals surface area (Å²) in [6.07, 6.45) is -4.70. The van der Waals surface area contributed by atoms with Crippen molar-refractivity contribution in [1.29, 1.82) is 0 Å². The van der Waals surface area contributed by atoms with Crippen LogP contribution in [0.15, 0.2) is 54.6 Å². The molecular formula is C33H32Cl2F3NO8. The molecule has 1 spiro atoms. The first-order valence-electron chi connectivity index (χ1n) is 14.7. The van der Waals surface area contributed by atoms with E-state index in [0.29, 0.717) is 43.1 Å². The molecule has 3 aromatic rings. The molecule has 2 aliphatic heterocycles.